The molecule has 1 aromatic rings. The molecule has 0 radical (unpaired) electrons. The largest absolute Gasteiger partial charge is 0.497 e. The first kappa shape index (κ1) is 30.6. The van der Waals surface area contributed by atoms with Gasteiger partial charge in [0.25, 0.3) is 0 Å². The number of methoxy groups -OCH3 is 1. The van der Waals surface area contributed by atoms with Gasteiger partial charge in [0.05, 0.1) is 13.2 Å². The molecule has 0 aliphatic carbocycles. The second-order valence-electron chi connectivity index (χ2n) is 10.3. The van der Waals surface area contributed by atoms with Gasteiger partial charge in [0.1, 0.15) is 17.8 Å². The predicted molar refractivity (Wildman–Crippen MR) is 155 cm³/mol. The van der Waals surface area contributed by atoms with Gasteiger partial charge in [-0.2, -0.15) is 0 Å². The minimum atomic E-state index is -0.734. The lowest BCUT2D eigenvalue weighted by molar-refractivity contribution is -0.143. The first-order chi connectivity index (χ1) is 18.8. The smallest absolute Gasteiger partial charge is 0.246 e. The van der Waals surface area contributed by atoms with Crippen LogP contribution in [0.4, 0.5) is 0 Å². The van der Waals surface area contributed by atoms with Crippen molar-refractivity contribution >= 4 is 35.1 Å². The van der Waals surface area contributed by atoms with E-state index in [1.807, 2.05) is 38.1 Å². The molecule has 0 aromatic heterocycles. The van der Waals surface area contributed by atoms with E-state index in [0.29, 0.717) is 43.9 Å². The van der Waals surface area contributed by atoms with Crippen LogP contribution >= 0.6 is 12.2 Å². The summed E-state index contributed by atoms with van der Waals surface area (Å²) in [4.78, 5) is 41.8. The molecule has 216 valence electrons. The molecule has 2 fully saturated rings. The monoisotopic (exact) mass is 560 g/mol. The Kier molecular flexibility index (Phi) is 11.8. The van der Waals surface area contributed by atoms with E-state index >= 15 is 0 Å². The summed E-state index contributed by atoms with van der Waals surface area (Å²) in [6.07, 6.45) is 4.74. The Morgan fingerprint density at radius 2 is 1.79 bits per heavy atom. The maximum atomic E-state index is 14.0. The van der Waals surface area contributed by atoms with Crippen molar-refractivity contribution in [2.24, 2.45) is 11.7 Å². The summed E-state index contributed by atoms with van der Waals surface area (Å²) < 4.78 is 5.20. The van der Waals surface area contributed by atoms with E-state index in [1.54, 1.807) is 12.0 Å². The van der Waals surface area contributed by atoms with Crippen LogP contribution in [0, 0.1) is 5.92 Å². The van der Waals surface area contributed by atoms with Gasteiger partial charge in [0.2, 0.25) is 17.7 Å². The van der Waals surface area contributed by atoms with Gasteiger partial charge in [-0.25, -0.2) is 0 Å². The minimum Gasteiger partial charge on any atom is -0.497 e. The fourth-order valence-electron chi connectivity index (χ4n) is 5.46. The van der Waals surface area contributed by atoms with Crippen LogP contribution < -0.4 is 31.7 Å². The quantitative estimate of drug-likeness (QED) is 0.241. The third-order valence-corrected chi connectivity index (χ3v) is 8.04. The molecule has 1 aromatic carbocycles. The Hall–Kier alpha value is -2.92. The van der Waals surface area contributed by atoms with E-state index in [4.69, 9.17) is 22.7 Å². The number of benzene rings is 1. The topological polar surface area (TPSA) is 138 Å². The van der Waals surface area contributed by atoms with Crippen LogP contribution in [0.5, 0.6) is 5.75 Å². The molecule has 2 aliphatic rings. The lowest BCUT2D eigenvalue weighted by Gasteiger charge is -2.32. The molecule has 6 N–H and O–H groups in total. The van der Waals surface area contributed by atoms with Gasteiger partial charge in [0.15, 0.2) is 5.11 Å². The number of carbonyl (C=O) groups is 3. The molecule has 2 heterocycles. The molecular weight excluding hydrogens is 516 g/mol. The van der Waals surface area contributed by atoms with Gasteiger partial charge < -0.3 is 36.6 Å². The zero-order valence-corrected chi connectivity index (χ0v) is 24.1. The van der Waals surface area contributed by atoms with E-state index in [0.717, 1.165) is 37.1 Å². The van der Waals surface area contributed by atoms with Gasteiger partial charge in [-0.05, 0) is 87.7 Å². The molecule has 11 heteroatoms. The summed E-state index contributed by atoms with van der Waals surface area (Å²) in [6.45, 7) is 5.59. The van der Waals surface area contributed by atoms with Crippen molar-refractivity contribution in [2.45, 2.75) is 83.0 Å². The van der Waals surface area contributed by atoms with E-state index in [9.17, 15) is 14.4 Å². The molecule has 0 spiro atoms. The number of amides is 3. The van der Waals surface area contributed by atoms with Crippen molar-refractivity contribution in [1.82, 2.24) is 26.2 Å². The molecule has 3 amide bonds. The number of ether oxygens (including phenoxy) is 1. The summed E-state index contributed by atoms with van der Waals surface area (Å²) >= 11 is 5.27. The fraction of sp³-hybridized carbons (Fsp3) is 0.643. The van der Waals surface area contributed by atoms with E-state index in [-0.39, 0.29) is 29.7 Å². The highest BCUT2D eigenvalue weighted by Gasteiger charge is 2.47. The molecule has 39 heavy (non-hydrogen) atoms. The fourth-order valence-corrected chi connectivity index (χ4v) is 5.71. The summed E-state index contributed by atoms with van der Waals surface area (Å²) in [5.41, 5.74) is 7.08. The lowest BCUT2D eigenvalue weighted by atomic mass is 9.90. The van der Waals surface area contributed by atoms with E-state index in [2.05, 4.69) is 21.3 Å². The van der Waals surface area contributed by atoms with Crippen LogP contribution in [0.2, 0.25) is 0 Å². The van der Waals surface area contributed by atoms with Crippen LogP contribution in [0.3, 0.4) is 0 Å². The second-order valence-corrected chi connectivity index (χ2v) is 10.7. The molecule has 10 nitrogen and oxygen atoms in total. The van der Waals surface area contributed by atoms with Crippen LogP contribution in [0.15, 0.2) is 24.3 Å². The van der Waals surface area contributed by atoms with Gasteiger partial charge >= 0.3 is 0 Å². The molecule has 2 unspecified atom stereocenters. The van der Waals surface area contributed by atoms with Gasteiger partial charge in [-0.15, -0.1) is 0 Å². The van der Waals surface area contributed by atoms with Crippen molar-refractivity contribution in [2.75, 3.05) is 26.7 Å². The van der Waals surface area contributed by atoms with Gasteiger partial charge in [0, 0.05) is 25.7 Å². The maximum absolute atomic E-state index is 14.0. The molecule has 2 saturated heterocycles. The summed E-state index contributed by atoms with van der Waals surface area (Å²) in [5, 5.41) is 12.8. The molecule has 5 atom stereocenters. The second kappa shape index (κ2) is 15.0. The zero-order chi connectivity index (χ0) is 28.4. The number of hydrogen-bond donors (Lipinski definition) is 5. The zero-order valence-electron chi connectivity index (χ0n) is 23.3. The van der Waals surface area contributed by atoms with Crippen LogP contribution in [0.25, 0.3) is 0 Å². The van der Waals surface area contributed by atoms with E-state index in [1.165, 1.54) is 0 Å². The number of hydrogen-bond acceptors (Lipinski definition) is 6. The van der Waals surface area contributed by atoms with Crippen molar-refractivity contribution in [3.05, 3.63) is 29.8 Å². The number of fused-ring (bicyclic) bond motifs is 1. The third kappa shape index (κ3) is 8.28. The minimum absolute atomic E-state index is 0.0186. The van der Waals surface area contributed by atoms with Crippen LogP contribution in [0.1, 0.15) is 57.9 Å². The first-order valence-electron chi connectivity index (χ1n) is 14.1. The number of nitrogens with two attached hydrogens (primary N) is 1. The number of rotatable bonds is 12. The molecule has 0 saturated carbocycles. The molecule has 3 rings (SSSR count). The normalized spacial score (nSPS) is 23.3. The summed E-state index contributed by atoms with van der Waals surface area (Å²) in [6, 6.07) is 5.76. The Morgan fingerprint density at radius 3 is 2.46 bits per heavy atom. The number of thiocarbonyl (C=S) groups is 1. The van der Waals surface area contributed by atoms with Crippen molar-refractivity contribution in [3.63, 3.8) is 0 Å². The molecule has 2 aliphatic heterocycles. The lowest BCUT2D eigenvalue weighted by Crippen LogP contribution is -2.58. The highest BCUT2D eigenvalue weighted by Crippen LogP contribution is 2.35. The van der Waals surface area contributed by atoms with Crippen molar-refractivity contribution in [1.29, 1.82) is 0 Å². The number of nitrogens with one attached hydrogen (secondary N) is 4. The van der Waals surface area contributed by atoms with Gasteiger partial charge in [-0.1, -0.05) is 19.1 Å². The van der Waals surface area contributed by atoms with E-state index < -0.39 is 18.1 Å². The number of nitrogens with zero attached hydrogens (tertiary/aromatic N) is 1. The SMILES string of the molecule is CCNC(=S)NCC[C@H]1CCC2CC[C@@H](C(=O)NCCc3ccc(OC)cc3)N2C(=O)C1NC(=O)[C@@H](N)CC. The first-order valence-corrected chi connectivity index (χ1v) is 14.5. The number of carbonyl (C=O) groups excluding carboxylic acids is 3. The maximum Gasteiger partial charge on any atom is 0.246 e. The predicted octanol–water partition coefficient (Wildman–Crippen LogP) is 1.22. The summed E-state index contributed by atoms with van der Waals surface area (Å²) in [5.74, 6) is 0.0179. The Labute approximate surface area is 237 Å². The highest BCUT2D eigenvalue weighted by molar-refractivity contribution is 7.80. The Morgan fingerprint density at radius 1 is 1.08 bits per heavy atom. The highest BCUT2D eigenvalue weighted by atomic mass is 32.1. The van der Waals surface area contributed by atoms with Crippen LogP contribution in [-0.2, 0) is 20.8 Å². The average molecular weight is 561 g/mol. The van der Waals surface area contributed by atoms with Crippen LogP contribution in [-0.4, -0.2) is 78.6 Å². The Balaban J connectivity index is 1.67. The van der Waals surface area contributed by atoms with Gasteiger partial charge in [-0.3, -0.25) is 14.4 Å². The molecular formula is C28H44N6O4S. The summed E-state index contributed by atoms with van der Waals surface area (Å²) in [7, 11) is 1.63. The Bertz CT molecular complexity index is 991. The van der Waals surface area contributed by atoms with Crippen molar-refractivity contribution in [3.8, 4) is 5.75 Å². The molecule has 0 bridgehead atoms. The standard InChI is InChI=1S/C28H44N6O4S/c1-4-22(29)25(35)33-24-19(15-17-32-28(39)30-5-2)8-9-20-10-13-23(34(20)27(24)37)26(36)31-16-14-18-6-11-21(38-3)12-7-18/h6-7,11-12,19-20,22-24H,4-5,8-10,13-17,29H2,1-3H3,(H,31,36)(H,33,35)(H2,30,32,39)/t19-,20?,22+,23+,24?/m1/s1. The van der Waals surface area contributed by atoms with Crippen molar-refractivity contribution < 1.29 is 19.1 Å². The third-order valence-electron chi connectivity index (χ3n) is 7.75. The average Bonchev–Trinajstić information content (AvgIpc) is 3.32.